The Morgan fingerprint density at radius 2 is 1.96 bits per heavy atom. The second kappa shape index (κ2) is 6.81. The van der Waals surface area contributed by atoms with Crippen LogP contribution in [0.4, 0.5) is 9.18 Å². The van der Waals surface area contributed by atoms with Crippen LogP contribution in [0, 0.1) is 11.7 Å². The molecule has 3 rings (SSSR count). The molecule has 23 heavy (non-hydrogen) atoms. The summed E-state index contributed by atoms with van der Waals surface area (Å²) >= 11 is 0. The first-order chi connectivity index (χ1) is 11.1. The van der Waals surface area contributed by atoms with Gasteiger partial charge in [-0.25, -0.2) is 14.2 Å². The lowest BCUT2D eigenvalue weighted by molar-refractivity contribution is 0.177. The smallest absolute Gasteiger partial charge is 0.405 e. The van der Waals surface area contributed by atoms with Crippen LogP contribution in [0.5, 0.6) is 0 Å². The number of carboxylic acid groups (broad SMARTS) is 1. The van der Waals surface area contributed by atoms with E-state index in [2.05, 4.69) is 15.3 Å². The first-order valence-electron chi connectivity index (χ1n) is 7.94. The lowest BCUT2D eigenvalue weighted by atomic mass is 9.83. The number of H-pyrrole nitrogens is 1. The number of aromatic nitrogens is 2. The van der Waals surface area contributed by atoms with Crippen molar-refractivity contribution in [3.63, 3.8) is 0 Å². The quantitative estimate of drug-likeness (QED) is 0.794. The molecule has 1 amide bonds. The van der Waals surface area contributed by atoms with Crippen LogP contribution in [0.1, 0.15) is 44.0 Å². The third-order valence-electron chi connectivity index (χ3n) is 4.43. The van der Waals surface area contributed by atoms with Crippen molar-refractivity contribution in [2.45, 2.75) is 38.1 Å². The minimum absolute atomic E-state index is 0.257. The molecule has 0 spiro atoms. The van der Waals surface area contributed by atoms with Crippen LogP contribution >= 0.6 is 0 Å². The van der Waals surface area contributed by atoms with Crippen molar-refractivity contribution in [3.05, 3.63) is 42.1 Å². The summed E-state index contributed by atoms with van der Waals surface area (Å²) in [5, 5.41) is 11.7. The van der Waals surface area contributed by atoms with E-state index < -0.39 is 6.09 Å². The maximum Gasteiger partial charge on any atom is 0.405 e. The maximum atomic E-state index is 13.0. The van der Waals surface area contributed by atoms with Gasteiger partial charge in [0, 0.05) is 11.8 Å². The van der Waals surface area contributed by atoms with Crippen molar-refractivity contribution in [3.8, 4) is 11.3 Å². The molecule has 0 radical (unpaired) electrons. The topological polar surface area (TPSA) is 78.0 Å². The Bertz CT molecular complexity index is 663. The van der Waals surface area contributed by atoms with Gasteiger partial charge in [-0.15, -0.1) is 0 Å². The van der Waals surface area contributed by atoms with E-state index in [1.54, 1.807) is 18.3 Å². The predicted octanol–water partition coefficient (Wildman–Crippen LogP) is 4.10. The number of hydrogen-bond acceptors (Lipinski definition) is 2. The Kier molecular flexibility index (Phi) is 4.60. The number of halogens is 1. The molecule has 1 unspecified atom stereocenters. The Hall–Kier alpha value is -2.37. The molecule has 2 aromatic rings. The summed E-state index contributed by atoms with van der Waals surface area (Å²) in [5.74, 6) is 0.586. The molecule has 3 N–H and O–H groups in total. The molecule has 1 aromatic heterocycles. The fraction of sp³-hybridized carbons (Fsp3) is 0.412. The lowest BCUT2D eigenvalue weighted by Gasteiger charge is -2.28. The van der Waals surface area contributed by atoms with Crippen LogP contribution in [0.25, 0.3) is 11.3 Å². The second-order valence-corrected chi connectivity index (χ2v) is 6.00. The van der Waals surface area contributed by atoms with Gasteiger partial charge >= 0.3 is 6.09 Å². The van der Waals surface area contributed by atoms with E-state index in [1.165, 1.54) is 18.6 Å². The summed E-state index contributed by atoms with van der Waals surface area (Å²) in [4.78, 5) is 18.8. The van der Waals surface area contributed by atoms with Gasteiger partial charge in [0.25, 0.3) is 0 Å². The molecular formula is C17H20FN3O2. The highest BCUT2D eigenvalue weighted by Gasteiger charge is 2.28. The monoisotopic (exact) mass is 317 g/mol. The van der Waals surface area contributed by atoms with E-state index >= 15 is 0 Å². The standard InChI is InChI=1S/C17H20FN3O2/c18-13-8-6-11(7-9-13)14-10-19-16(20-14)15(21-17(22)23)12-4-2-1-3-5-12/h6-10,12,15,21H,1-5H2,(H,19,20)(H,22,23). The molecule has 1 heterocycles. The third kappa shape index (κ3) is 3.70. The van der Waals surface area contributed by atoms with Gasteiger partial charge in [-0.2, -0.15) is 0 Å². The van der Waals surface area contributed by atoms with Crippen molar-refractivity contribution < 1.29 is 14.3 Å². The zero-order chi connectivity index (χ0) is 16.2. The molecule has 5 nitrogen and oxygen atoms in total. The number of benzene rings is 1. The van der Waals surface area contributed by atoms with Crippen LogP contribution in [0.15, 0.2) is 30.5 Å². The Morgan fingerprint density at radius 1 is 1.26 bits per heavy atom. The highest BCUT2D eigenvalue weighted by Crippen LogP contribution is 2.34. The van der Waals surface area contributed by atoms with E-state index in [-0.39, 0.29) is 17.8 Å². The number of imidazole rings is 1. The molecule has 0 bridgehead atoms. The van der Waals surface area contributed by atoms with Crippen molar-refractivity contribution in [1.29, 1.82) is 0 Å². The van der Waals surface area contributed by atoms with E-state index in [0.29, 0.717) is 11.5 Å². The normalized spacial score (nSPS) is 16.9. The van der Waals surface area contributed by atoms with Gasteiger partial charge in [0.05, 0.1) is 11.7 Å². The number of nitrogens with zero attached hydrogens (tertiary/aromatic N) is 1. The minimum Gasteiger partial charge on any atom is -0.465 e. The van der Waals surface area contributed by atoms with E-state index in [0.717, 1.165) is 31.2 Å². The highest BCUT2D eigenvalue weighted by molar-refractivity contribution is 5.65. The number of carbonyl (C=O) groups is 1. The van der Waals surface area contributed by atoms with Crippen molar-refractivity contribution in [1.82, 2.24) is 15.3 Å². The van der Waals surface area contributed by atoms with E-state index in [9.17, 15) is 9.18 Å². The number of rotatable bonds is 4. The molecule has 1 atom stereocenters. The first kappa shape index (κ1) is 15.5. The molecule has 1 aliphatic rings. The van der Waals surface area contributed by atoms with Gasteiger partial charge in [-0.1, -0.05) is 19.3 Å². The van der Waals surface area contributed by atoms with Crippen LogP contribution < -0.4 is 5.32 Å². The summed E-state index contributed by atoms with van der Waals surface area (Å²) in [6, 6.07) is 5.77. The zero-order valence-corrected chi connectivity index (χ0v) is 12.8. The number of amides is 1. The molecule has 0 saturated heterocycles. The summed E-state index contributed by atoms with van der Waals surface area (Å²) < 4.78 is 13.0. The fourth-order valence-electron chi connectivity index (χ4n) is 3.27. The van der Waals surface area contributed by atoms with Gasteiger partial charge in [-0.05, 0) is 43.0 Å². The average molecular weight is 317 g/mol. The lowest BCUT2D eigenvalue weighted by Crippen LogP contribution is -2.34. The highest BCUT2D eigenvalue weighted by atomic mass is 19.1. The molecule has 6 heteroatoms. The average Bonchev–Trinajstić information content (AvgIpc) is 3.03. The summed E-state index contributed by atoms with van der Waals surface area (Å²) in [6.45, 7) is 0. The van der Waals surface area contributed by atoms with Gasteiger partial charge in [0.1, 0.15) is 11.6 Å². The van der Waals surface area contributed by atoms with E-state index in [4.69, 9.17) is 5.11 Å². The third-order valence-corrected chi connectivity index (χ3v) is 4.43. The van der Waals surface area contributed by atoms with Crippen molar-refractivity contribution in [2.75, 3.05) is 0 Å². The van der Waals surface area contributed by atoms with Gasteiger partial charge in [0.2, 0.25) is 0 Å². The van der Waals surface area contributed by atoms with Crippen molar-refractivity contribution in [2.24, 2.45) is 5.92 Å². The number of aromatic amines is 1. The van der Waals surface area contributed by atoms with Gasteiger partial charge < -0.3 is 15.4 Å². The largest absolute Gasteiger partial charge is 0.465 e. The van der Waals surface area contributed by atoms with Crippen LogP contribution in [-0.2, 0) is 0 Å². The SMILES string of the molecule is O=C(O)NC(c1nc(-c2ccc(F)cc2)c[nH]1)C1CCCCC1. The van der Waals surface area contributed by atoms with Crippen LogP contribution in [-0.4, -0.2) is 21.2 Å². The molecule has 1 aromatic carbocycles. The van der Waals surface area contributed by atoms with Crippen LogP contribution in [0.3, 0.4) is 0 Å². The summed E-state index contributed by atoms with van der Waals surface area (Å²) in [5.41, 5.74) is 1.49. The Balaban J connectivity index is 1.84. The van der Waals surface area contributed by atoms with Crippen LogP contribution in [0.2, 0.25) is 0 Å². The van der Waals surface area contributed by atoms with Crippen molar-refractivity contribution >= 4 is 6.09 Å². The van der Waals surface area contributed by atoms with E-state index in [1.807, 2.05) is 0 Å². The fourth-order valence-corrected chi connectivity index (χ4v) is 3.27. The molecular weight excluding hydrogens is 297 g/mol. The Labute approximate surface area is 134 Å². The zero-order valence-electron chi connectivity index (χ0n) is 12.8. The summed E-state index contributed by atoms with van der Waals surface area (Å²) in [7, 11) is 0. The Morgan fingerprint density at radius 3 is 2.61 bits per heavy atom. The molecule has 1 saturated carbocycles. The second-order valence-electron chi connectivity index (χ2n) is 6.00. The molecule has 1 fully saturated rings. The maximum absolute atomic E-state index is 13.0. The molecule has 0 aliphatic heterocycles. The predicted molar refractivity (Wildman–Crippen MR) is 84.5 cm³/mol. The van der Waals surface area contributed by atoms with Gasteiger partial charge in [0.15, 0.2) is 0 Å². The number of nitrogens with one attached hydrogen (secondary N) is 2. The van der Waals surface area contributed by atoms with Gasteiger partial charge in [-0.3, -0.25) is 0 Å². The minimum atomic E-state index is -1.04. The molecule has 1 aliphatic carbocycles. The molecule has 122 valence electrons. The first-order valence-corrected chi connectivity index (χ1v) is 7.94. The number of hydrogen-bond donors (Lipinski definition) is 3. The summed E-state index contributed by atoms with van der Waals surface area (Å²) in [6.07, 6.45) is 6.13.